The minimum atomic E-state index is -0.365. The molecule has 1 saturated heterocycles. The summed E-state index contributed by atoms with van der Waals surface area (Å²) >= 11 is 0. The molecule has 130 valence electrons. The van der Waals surface area contributed by atoms with Crippen LogP contribution in [-0.2, 0) is 16.1 Å². The van der Waals surface area contributed by atoms with Crippen molar-refractivity contribution in [1.82, 2.24) is 15.2 Å². The number of aromatic nitrogens is 1. The topological polar surface area (TPSA) is 62.3 Å². The van der Waals surface area contributed by atoms with E-state index >= 15 is 0 Å². The van der Waals surface area contributed by atoms with Gasteiger partial charge in [0.25, 0.3) is 0 Å². The lowest BCUT2D eigenvalue weighted by atomic mass is 9.90. The lowest BCUT2D eigenvalue weighted by molar-refractivity contribution is -0.129. The minimum absolute atomic E-state index is 0.0415. The Morgan fingerprint density at radius 1 is 1.24 bits per heavy atom. The highest BCUT2D eigenvalue weighted by Gasteiger charge is 2.44. The molecule has 2 heterocycles. The Labute approximate surface area is 148 Å². The molecular formula is C20H23N3O2. The SMILES string of the molecule is CCN1C(=O)C[C@@H](C(=O)NCc2ccncc2)[C@@H]1c1ccccc1C. The lowest BCUT2D eigenvalue weighted by Crippen LogP contribution is -2.35. The van der Waals surface area contributed by atoms with Crippen LogP contribution in [0.5, 0.6) is 0 Å². The molecule has 1 aromatic carbocycles. The summed E-state index contributed by atoms with van der Waals surface area (Å²) in [6.07, 6.45) is 3.67. The van der Waals surface area contributed by atoms with Gasteiger partial charge < -0.3 is 10.2 Å². The highest BCUT2D eigenvalue weighted by molar-refractivity contribution is 5.90. The minimum Gasteiger partial charge on any atom is -0.352 e. The molecule has 5 nitrogen and oxygen atoms in total. The van der Waals surface area contributed by atoms with Gasteiger partial charge in [-0.05, 0) is 42.7 Å². The Balaban J connectivity index is 1.81. The Morgan fingerprint density at radius 3 is 2.64 bits per heavy atom. The second kappa shape index (κ2) is 7.47. The summed E-state index contributed by atoms with van der Waals surface area (Å²) in [5.74, 6) is -0.399. The molecule has 0 spiro atoms. The maximum atomic E-state index is 12.8. The van der Waals surface area contributed by atoms with Gasteiger partial charge in [0.1, 0.15) is 0 Å². The van der Waals surface area contributed by atoms with Gasteiger partial charge in [-0.2, -0.15) is 0 Å². The highest BCUT2D eigenvalue weighted by atomic mass is 16.2. The van der Waals surface area contributed by atoms with Gasteiger partial charge in [-0.15, -0.1) is 0 Å². The standard InChI is InChI=1S/C20H23N3O2/c1-3-23-18(24)12-17(19(23)16-7-5-4-6-14(16)2)20(25)22-13-15-8-10-21-11-9-15/h4-11,17,19H,3,12-13H2,1-2H3,(H,22,25)/t17-,19+/m1/s1. The summed E-state index contributed by atoms with van der Waals surface area (Å²) < 4.78 is 0. The van der Waals surface area contributed by atoms with Crippen molar-refractivity contribution in [2.24, 2.45) is 5.92 Å². The van der Waals surface area contributed by atoms with Crippen molar-refractivity contribution in [3.05, 3.63) is 65.5 Å². The molecule has 1 fully saturated rings. The van der Waals surface area contributed by atoms with Crippen molar-refractivity contribution < 1.29 is 9.59 Å². The molecule has 2 atom stereocenters. The molecule has 1 aliphatic heterocycles. The van der Waals surface area contributed by atoms with Crippen molar-refractivity contribution in [2.45, 2.75) is 32.9 Å². The number of benzene rings is 1. The number of nitrogens with zero attached hydrogens (tertiary/aromatic N) is 2. The zero-order valence-electron chi connectivity index (χ0n) is 14.6. The number of rotatable bonds is 5. The van der Waals surface area contributed by atoms with Crippen LogP contribution in [-0.4, -0.2) is 28.2 Å². The lowest BCUT2D eigenvalue weighted by Gasteiger charge is -2.28. The van der Waals surface area contributed by atoms with E-state index in [2.05, 4.69) is 10.3 Å². The number of aryl methyl sites for hydroxylation is 1. The fourth-order valence-corrected chi connectivity index (χ4v) is 3.52. The summed E-state index contributed by atoms with van der Waals surface area (Å²) in [5, 5.41) is 2.98. The quantitative estimate of drug-likeness (QED) is 0.912. The van der Waals surface area contributed by atoms with Gasteiger partial charge in [0.2, 0.25) is 11.8 Å². The molecule has 0 unspecified atom stereocenters. The number of hydrogen-bond donors (Lipinski definition) is 1. The van der Waals surface area contributed by atoms with Crippen LogP contribution in [0, 0.1) is 12.8 Å². The molecule has 5 heteroatoms. The first-order chi connectivity index (χ1) is 12.1. The van der Waals surface area contributed by atoms with Crippen LogP contribution in [0.15, 0.2) is 48.8 Å². The predicted octanol–water partition coefficient (Wildman–Crippen LogP) is 2.62. The molecule has 0 bridgehead atoms. The average molecular weight is 337 g/mol. The fraction of sp³-hybridized carbons (Fsp3) is 0.350. The fourth-order valence-electron chi connectivity index (χ4n) is 3.52. The average Bonchev–Trinajstić information content (AvgIpc) is 2.97. The van der Waals surface area contributed by atoms with Gasteiger partial charge in [-0.1, -0.05) is 24.3 Å². The van der Waals surface area contributed by atoms with E-state index in [4.69, 9.17) is 0 Å². The largest absolute Gasteiger partial charge is 0.352 e. The zero-order valence-corrected chi connectivity index (χ0v) is 14.6. The molecule has 1 N–H and O–H groups in total. The van der Waals surface area contributed by atoms with Crippen LogP contribution in [0.2, 0.25) is 0 Å². The van der Waals surface area contributed by atoms with E-state index in [9.17, 15) is 9.59 Å². The van der Waals surface area contributed by atoms with Crippen molar-refractivity contribution in [3.8, 4) is 0 Å². The number of likely N-dealkylation sites (tertiary alicyclic amines) is 1. The molecular weight excluding hydrogens is 314 g/mol. The third kappa shape index (κ3) is 3.55. The molecule has 1 aromatic heterocycles. The third-order valence-corrected chi connectivity index (χ3v) is 4.83. The first-order valence-corrected chi connectivity index (χ1v) is 8.63. The van der Waals surface area contributed by atoms with E-state index in [0.717, 1.165) is 16.7 Å². The van der Waals surface area contributed by atoms with Crippen LogP contribution in [0.25, 0.3) is 0 Å². The van der Waals surface area contributed by atoms with Gasteiger partial charge >= 0.3 is 0 Å². The summed E-state index contributed by atoms with van der Waals surface area (Å²) in [4.78, 5) is 31.0. The van der Waals surface area contributed by atoms with Crippen LogP contribution in [0.4, 0.5) is 0 Å². The molecule has 1 aliphatic rings. The normalized spacial score (nSPS) is 19.9. The Bertz CT molecular complexity index is 761. The number of pyridine rings is 1. The van der Waals surface area contributed by atoms with Crippen LogP contribution in [0.3, 0.4) is 0 Å². The molecule has 0 saturated carbocycles. The molecule has 2 amide bonds. The maximum Gasteiger partial charge on any atom is 0.226 e. The number of carbonyl (C=O) groups excluding carboxylic acids is 2. The van der Waals surface area contributed by atoms with E-state index in [0.29, 0.717) is 13.1 Å². The summed E-state index contributed by atoms with van der Waals surface area (Å²) in [5.41, 5.74) is 3.15. The Hall–Kier alpha value is -2.69. The number of nitrogens with one attached hydrogen (secondary N) is 1. The highest BCUT2D eigenvalue weighted by Crippen LogP contribution is 2.39. The van der Waals surface area contributed by atoms with E-state index < -0.39 is 0 Å². The van der Waals surface area contributed by atoms with Gasteiger partial charge in [0.15, 0.2) is 0 Å². The summed E-state index contributed by atoms with van der Waals surface area (Å²) in [6, 6.07) is 11.5. The van der Waals surface area contributed by atoms with Gasteiger partial charge in [0.05, 0.1) is 12.0 Å². The third-order valence-electron chi connectivity index (χ3n) is 4.83. The van der Waals surface area contributed by atoms with E-state index in [1.807, 2.05) is 55.1 Å². The van der Waals surface area contributed by atoms with Gasteiger partial charge in [-0.3, -0.25) is 14.6 Å². The van der Waals surface area contributed by atoms with Crippen molar-refractivity contribution in [1.29, 1.82) is 0 Å². The second-order valence-electron chi connectivity index (χ2n) is 6.37. The first-order valence-electron chi connectivity index (χ1n) is 8.63. The van der Waals surface area contributed by atoms with Crippen LogP contribution < -0.4 is 5.32 Å². The van der Waals surface area contributed by atoms with E-state index in [1.165, 1.54) is 0 Å². The predicted molar refractivity (Wildman–Crippen MR) is 95.5 cm³/mol. The molecule has 2 aromatic rings. The Morgan fingerprint density at radius 2 is 1.96 bits per heavy atom. The van der Waals surface area contributed by atoms with E-state index in [-0.39, 0.29) is 30.2 Å². The zero-order chi connectivity index (χ0) is 17.8. The van der Waals surface area contributed by atoms with Gasteiger partial charge in [0, 0.05) is 31.9 Å². The van der Waals surface area contributed by atoms with Crippen LogP contribution >= 0.6 is 0 Å². The van der Waals surface area contributed by atoms with Crippen molar-refractivity contribution in [3.63, 3.8) is 0 Å². The van der Waals surface area contributed by atoms with Gasteiger partial charge in [-0.25, -0.2) is 0 Å². The first kappa shape index (κ1) is 17.1. The molecule has 25 heavy (non-hydrogen) atoms. The monoisotopic (exact) mass is 337 g/mol. The van der Waals surface area contributed by atoms with Crippen molar-refractivity contribution >= 4 is 11.8 Å². The summed E-state index contributed by atoms with van der Waals surface area (Å²) in [7, 11) is 0. The maximum absolute atomic E-state index is 12.8. The molecule has 3 rings (SSSR count). The van der Waals surface area contributed by atoms with Crippen molar-refractivity contribution in [2.75, 3.05) is 6.54 Å². The summed E-state index contributed by atoms with van der Waals surface area (Å²) in [6.45, 7) is 5.03. The number of hydrogen-bond acceptors (Lipinski definition) is 3. The Kier molecular flexibility index (Phi) is 5.12. The number of carbonyl (C=O) groups is 2. The number of amides is 2. The van der Waals surface area contributed by atoms with E-state index in [1.54, 1.807) is 12.4 Å². The smallest absolute Gasteiger partial charge is 0.226 e. The second-order valence-corrected chi connectivity index (χ2v) is 6.37. The molecule has 0 radical (unpaired) electrons. The van der Waals surface area contributed by atoms with Crippen LogP contribution in [0.1, 0.15) is 36.1 Å². The molecule has 0 aliphatic carbocycles.